The van der Waals surface area contributed by atoms with Gasteiger partial charge in [0.15, 0.2) is 0 Å². The van der Waals surface area contributed by atoms with Gasteiger partial charge in [-0.2, -0.15) is 0 Å². The summed E-state index contributed by atoms with van der Waals surface area (Å²) < 4.78 is 7.87. The van der Waals surface area contributed by atoms with Crippen molar-refractivity contribution in [3.8, 4) is 28.6 Å². The fourth-order valence-electron chi connectivity index (χ4n) is 2.53. The summed E-state index contributed by atoms with van der Waals surface area (Å²) in [5.41, 5.74) is 7.97. The third kappa shape index (κ3) is 3.36. The molecule has 0 amide bonds. The van der Waals surface area contributed by atoms with Crippen LogP contribution in [0.1, 0.15) is 0 Å². The molecular formula is C20H16N3OS+. The molecule has 0 bridgehead atoms. The van der Waals surface area contributed by atoms with Crippen LogP contribution in [0.15, 0.2) is 84.9 Å². The summed E-state index contributed by atoms with van der Waals surface area (Å²) in [5.74, 6) is 2.43. The van der Waals surface area contributed by atoms with E-state index in [9.17, 15) is 0 Å². The molecule has 0 radical (unpaired) electrons. The van der Waals surface area contributed by atoms with Crippen LogP contribution in [0.4, 0.5) is 5.13 Å². The summed E-state index contributed by atoms with van der Waals surface area (Å²) in [6.45, 7) is 0. The fraction of sp³-hybridized carbons (Fsp3) is 0. The van der Waals surface area contributed by atoms with E-state index in [-0.39, 0.29) is 0 Å². The van der Waals surface area contributed by atoms with Crippen molar-refractivity contribution >= 4 is 16.7 Å². The van der Waals surface area contributed by atoms with Gasteiger partial charge in [0.25, 0.3) is 0 Å². The monoisotopic (exact) mass is 346 g/mol. The van der Waals surface area contributed by atoms with E-state index in [4.69, 9.17) is 10.5 Å². The minimum absolute atomic E-state index is 0.531. The van der Waals surface area contributed by atoms with E-state index in [1.165, 1.54) is 11.5 Å². The number of ether oxygens (including phenoxy) is 1. The smallest absolute Gasteiger partial charge is 0.350 e. The number of hydrogen-bond acceptors (Lipinski definition) is 4. The van der Waals surface area contributed by atoms with Gasteiger partial charge in [0.2, 0.25) is 0 Å². The Morgan fingerprint density at radius 1 is 0.760 bits per heavy atom. The first-order valence-electron chi connectivity index (χ1n) is 7.87. The second-order valence-electron chi connectivity index (χ2n) is 5.43. The number of anilines is 1. The molecule has 0 saturated heterocycles. The molecule has 1 aromatic heterocycles. The second-order valence-corrected chi connectivity index (χ2v) is 6.40. The Morgan fingerprint density at radius 2 is 1.36 bits per heavy atom. The maximum atomic E-state index is 5.95. The average molecular weight is 346 g/mol. The lowest BCUT2D eigenvalue weighted by Gasteiger charge is -2.05. The molecule has 0 unspecified atom stereocenters. The Hall–Kier alpha value is -3.18. The minimum atomic E-state index is 0.531. The molecule has 0 aliphatic carbocycles. The first-order chi connectivity index (χ1) is 12.3. The maximum Gasteiger partial charge on any atom is 0.350 e. The highest BCUT2D eigenvalue weighted by Crippen LogP contribution is 2.23. The molecule has 4 rings (SSSR count). The topological polar surface area (TPSA) is 52.0 Å². The Labute approximate surface area is 149 Å². The van der Waals surface area contributed by atoms with Gasteiger partial charge in [-0.15, -0.1) is 3.96 Å². The van der Waals surface area contributed by atoms with Gasteiger partial charge in [-0.1, -0.05) is 36.4 Å². The highest BCUT2D eigenvalue weighted by Gasteiger charge is 2.22. The van der Waals surface area contributed by atoms with E-state index in [0.717, 1.165) is 28.6 Å². The lowest BCUT2D eigenvalue weighted by Crippen LogP contribution is -2.27. The van der Waals surface area contributed by atoms with Crippen LogP contribution < -0.4 is 14.4 Å². The summed E-state index contributed by atoms with van der Waals surface area (Å²) in [6, 6.07) is 27.6. The lowest BCUT2D eigenvalue weighted by molar-refractivity contribution is -0.509. The SMILES string of the molecule is Nc1nc(-c2ccccc2)[n+](-c2ccc(Oc3ccccc3)cc2)s1. The van der Waals surface area contributed by atoms with E-state index in [2.05, 4.69) is 4.98 Å². The van der Waals surface area contributed by atoms with Gasteiger partial charge < -0.3 is 10.5 Å². The lowest BCUT2D eigenvalue weighted by atomic mass is 10.2. The van der Waals surface area contributed by atoms with Crippen molar-refractivity contribution in [1.82, 2.24) is 4.98 Å². The van der Waals surface area contributed by atoms with Gasteiger partial charge in [0.1, 0.15) is 28.7 Å². The van der Waals surface area contributed by atoms with Crippen molar-refractivity contribution in [2.45, 2.75) is 0 Å². The van der Waals surface area contributed by atoms with E-state index < -0.39 is 0 Å². The molecule has 0 fully saturated rings. The van der Waals surface area contributed by atoms with Crippen molar-refractivity contribution in [1.29, 1.82) is 0 Å². The number of nitrogens with two attached hydrogens (primary N) is 1. The molecule has 122 valence electrons. The molecule has 0 atom stereocenters. The molecule has 4 nitrogen and oxygen atoms in total. The summed E-state index contributed by atoms with van der Waals surface area (Å²) in [7, 11) is 0. The van der Waals surface area contributed by atoms with Crippen molar-refractivity contribution in [3.05, 3.63) is 84.9 Å². The molecule has 2 N–H and O–H groups in total. The largest absolute Gasteiger partial charge is 0.457 e. The number of nitrogens with zero attached hydrogens (tertiary/aromatic N) is 2. The van der Waals surface area contributed by atoms with Crippen molar-refractivity contribution in [3.63, 3.8) is 0 Å². The average Bonchev–Trinajstić information content (AvgIpc) is 3.06. The summed E-state index contributed by atoms with van der Waals surface area (Å²) in [6.07, 6.45) is 0. The van der Waals surface area contributed by atoms with Crippen molar-refractivity contribution < 1.29 is 8.69 Å². The first-order valence-corrected chi connectivity index (χ1v) is 8.64. The van der Waals surface area contributed by atoms with Crippen LogP contribution in [-0.2, 0) is 0 Å². The summed E-state index contributed by atoms with van der Waals surface area (Å²) in [4.78, 5) is 4.48. The van der Waals surface area contributed by atoms with E-state index >= 15 is 0 Å². The highest BCUT2D eigenvalue weighted by atomic mass is 32.1. The Morgan fingerprint density at radius 3 is 2.04 bits per heavy atom. The third-order valence-electron chi connectivity index (χ3n) is 3.68. The van der Waals surface area contributed by atoms with E-state index in [1.807, 2.05) is 88.9 Å². The zero-order valence-corrected chi connectivity index (χ0v) is 14.2. The number of aromatic nitrogens is 2. The van der Waals surface area contributed by atoms with Gasteiger partial charge in [-0.3, -0.25) is 0 Å². The normalized spacial score (nSPS) is 10.6. The third-order valence-corrected chi connectivity index (χ3v) is 4.52. The molecule has 5 heteroatoms. The number of nitrogen functional groups attached to an aromatic ring is 1. The number of para-hydroxylation sites is 1. The van der Waals surface area contributed by atoms with Crippen LogP contribution >= 0.6 is 11.5 Å². The van der Waals surface area contributed by atoms with E-state index in [1.54, 1.807) is 0 Å². The van der Waals surface area contributed by atoms with Crippen LogP contribution in [0.5, 0.6) is 11.5 Å². The quantitative estimate of drug-likeness (QED) is 0.555. The zero-order valence-electron chi connectivity index (χ0n) is 13.4. The van der Waals surface area contributed by atoms with Crippen LogP contribution in [-0.4, -0.2) is 4.98 Å². The first kappa shape index (κ1) is 15.4. The Kier molecular flexibility index (Phi) is 4.14. The van der Waals surface area contributed by atoms with Gasteiger partial charge in [0.05, 0.1) is 5.56 Å². The van der Waals surface area contributed by atoms with Crippen LogP contribution in [0, 0.1) is 0 Å². The Balaban J connectivity index is 1.65. The van der Waals surface area contributed by atoms with Gasteiger partial charge in [0, 0.05) is 0 Å². The molecule has 0 aliphatic rings. The Bertz CT molecular complexity index is 967. The molecular weight excluding hydrogens is 330 g/mol. The molecule has 1 heterocycles. The number of benzene rings is 3. The van der Waals surface area contributed by atoms with Crippen molar-refractivity contribution in [2.24, 2.45) is 0 Å². The predicted molar refractivity (Wildman–Crippen MR) is 100 cm³/mol. The molecule has 0 saturated carbocycles. The van der Waals surface area contributed by atoms with Crippen molar-refractivity contribution in [2.75, 3.05) is 5.73 Å². The predicted octanol–water partition coefficient (Wildman–Crippen LogP) is 4.46. The highest BCUT2D eigenvalue weighted by molar-refractivity contribution is 7.05. The van der Waals surface area contributed by atoms with Crippen LogP contribution in [0.3, 0.4) is 0 Å². The second kappa shape index (κ2) is 6.75. The summed E-state index contributed by atoms with van der Waals surface area (Å²) >= 11 is 1.41. The number of rotatable bonds is 4. The number of hydrogen-bond donors (Lipinski definition) is 1. The molecule has 4 aromatic rings. The molecule has 3 aromatic carbocycles. The standard InChI is InChI=1S/C20H15N3OS/c21-20-22-19(15-7-3-1-4-8-15)23(25-20)16-11-13-18(14-12-16)24-17-9-5-2-6-10-17/h1-14,21H/p+1. The van der Waals surface area contributed by atoms with Gasteiger partial charge in [-0.25, -0.2) is 0 Å². The zero-order chi connectivity index (χ0) is 17.1. The molecule has 25 heavy (non-hydrogen) atoms. The van der Waals surface area contributed by atoms with Gasteiger partial charge in [-0.05, 0) is 53.5 Å². The van der Waals surface area contributed by atoms with Gasteiger partial charge >= 0.3 is 11.0 Å². The maximum absolute atomic E-state index is 5.95. The summed E-state index contributed by atoms with van der Waals surface area (Å²) in [5, 5.41) is 0.531. The fourth-order valence-corrected chi connectivity index (χ4v) is 3.30. The molecule has 0 spiro atoms. The van der Waals surface area contributed by atoms with Crippen LogP contribution in [0.25, 0.3) is 17.1 Å². The minimum Gasteiger partial charge on any atom is -0.457 e. The molecule has 0 aliphatic heterocycles. The van der Waals surface area contributed by atoms with E-state index in [0.29, 0.717) is 5.13 Å². The van der Waals surface area contributed by atoms with Crippen LogP contribution in [0.2, 0.25) is 0 Å².